The third kappa shape index (κ3) is 4.52. The average molecular weight is 444 g/mol. The maximum atomic E-state index is 5.33. The largest absolute Gasteiger partial charge is 0.481 e. The summed E-state index contributed by atoms with van der Waals surface area (Å²) >= 11 is 0. The number of aromatic nitrogens is 1. The summed E-state index contributed by atoms with van der Waals surface area (Å²) in [6, 6.07) is 3.97. The van der Waals surface area contributed by atoms with Crippen LogP contribution in [0.4, 0.5) is 0 Å². The second-order valence-corrected chi connectivity index (χ2v) is 6.55. The van der Waals surface area contributed by atoms with Gasteiger partial charge < -0.3 is 15.0 Å². The Bertz CT molecular complexity index is 538. The van der Waals surface area contributed by atoms with Gasteiger partial charge in [-0.3, -0.25) is 0 Å². The zero-order valence-corrected chi connectivity index (χ0v) is 17.0. The quantitative estimate of drug-likeness (QED) is 0.440. The van der Waals surface area contributed by atoms with Crippen LogP contribution in [0.5, 0.6) is 5.88 Å². The van der Waals surface area contributed by atoms with Crippen LogP contribution in [0.2, 0.25) is 0 Å². The number of hydrogen-bond acceptors (Lipinski definition) is 3. The number of guanidine groups is 1. The molecule has 1 aromatic rings. The molecule has 0 aromatic carbocycles. The lowest BCUT2D eigenvalue weighted by atomic mass is 9.82. The number of rotatable bonds is 4. The van der Waals surface area contributed by atoms with Gasteiger partial charge in [0.2, 0.25) is 5.88 Å². The lowest BCUT2D eigenvalue weighted by Crippen LogP contribution is -2.40. The van der Waals surface area contributed by atoms with Gasteiger partial charge in [0.05, 0.1) is 13.7 Å². The van der Waals surface area contributed by atoms with E-state index in [1.54, 1.807) is 13.3 Å². The Morgan fingerprint density at radius 2 is 2.04 bits per heavy atom. The van der Waals surface area contributed by atoms with Crippen molar-refractivity contribution in [2.24, 2.45) is 16.8 Å². The molecule has 5 nitrogen and oxygen atoms in total. The van der Waals surface area contributed by atoms with Gasteiger partial charge in [-0.05, 0) is 37.7 Å². The summed E-state index contributed by atoms with van der Waals surface area (Å²) in [7, 11) is 1.66. The van der Waals surface area contributed by atoms with E-state index in [-0.39, 0.29) is 24.0 Å². The van der Waals surface area contributed by atoms with Crippen molar-refractivity contribution < 1.29 is 4.74 Å². The molecule has 1 aliphatic heterocycles. The van der Waals surface area contributed by atoms with E-state index in [4.69, 9.17) is 9.73 Å². The Morgan fingerprint density at radius 3 is 2.67 bits per heavy atom. The number of pyridine rings is 1. The van der Waals surface area contributed by atoms with E-state index in [9.17, 15) is 0 Å². The fourth-order valence-electron chi connectivity index (χ4n) is 3.89. The highest BCUT2D eigenvalue weighted by molar-refractivity contribution is 14.0. The van der Waals surface area contributed by atoms with Gasteiger partial charge in [0.15, 0.2) is 5.96 Å². The Balaban J connectivity index is 0.00000208. The van der Waals surface area contributed by atoms with E-state index in [0.717, 1.165) is 43.0 Å². The van der Waals surface area contributed by atoms with Crippen molar-refractivity contribution in [2.45, 2.75) is 39.2 Å². The van der Waals surface area contributed by atoms with E-state index in [0.29, 0.717) is 12.4 Å². The normalized spacial score (nSPS) is 23.4. The summed E-state index contributed by atoms with van der Waals surface area (Å²) in [5, 5.41) is 3.46. The van der Waals surface area contributed by atoms with Gasteiger partial charge in [-0.25, -0.2) is 9.98 Å². The van der Waals surface area contributed by atoms with Crippen LogP contribution in [0.1, 0.15) is 38.2 Å². The van der Waals surface area contributed by atoms with Gasteiger partial charge >= 0.3 is 0 Å². The fourth-order valence-corrected chi connectivity index (χ4v) is 3.89. The first-order chi connectivity index (χ1) is 11.3. The Morgan fingerprint density at radius 1 is 1.33 bits per heavy atom. The molecule has 2 atom stereocenters. The second kappa shape index (κ2) is 9.44. The number of nitrogens with one attached hydrogen (secondary N) is 1. The first kappa shape index (κ1) is 19.3. The minimum absolute atomic E-state index is 0. The molecule has 0 spiro atoms. The Kier molecular flexibility index (Phi) is 7.58. The van der Waals surface area contributed by atoms with E-state index >= 15 is 0 Å². The second-order valence-electron chi connectivity index (χ2n) is 6.55. The number of halogens is 1. The van der Waals surface area contributed by atoms with Crippen molar-refractivity contribution in [3.63, 3.8) is 0 Å². The van der Waals surface area contributed by atoms with Gasteiger partial charge in [-0.15, -0.1) is 24.0 Å². The number of hydrogen-bond donors (Lipinski definition) is 1. The summed E-state index contributed by atoms with van der Waals surface area (Å²) in [5.41, 5.74) is 1.03. The zero-order chi connectivity index (χ0) is 16.1. The highest BCUT2D eigenvalue weighted by Crippen LogP contribution is 2.36. The first-order valence-corrected chi connectivity index (χ1v) is 8.83. The molecule has 2 fully saturated rings. The van der Waals surface area contributed by atoms with Crippen molar-refractivity contribution in [1.29, 1.82) is 0 Å². The highest BCUT2D eigenvalue weighted by atomic mass is 127. The van der Waals surface area contributed by atoms with Crippen molar-refractivity contribution in [2.75, 3.05) is 26.7 Å². The smallest absolute Gasteiger partial charge is 0.218 e. The summed E-state index contributed by atoms with van der Waals surface area (Å²) in [6.45, 7) is 5.94. The molecule has 1 N–H and O–H groups in total. The summed E-state index contributed by atoms with van der Waals surface area (Å²) in [5.74, 6) is 3.43. The number of nitrogens with zero attached hydrogens (tertiary/aromatic N) is 3. The number of aliphatic imine (C=N–C) groups is 1. The van der Waals surface area contributed by atoms with Gasteiger partial charge in [0.25, 0.3) is 0 Å². The van der Waals surface area contributed by atoms with E-state index < -0.39 is 0 Å². The lowest BCUT2D eigenvalue weighted by Gasteiger charge is -2.22. The number of likely N-dealkylation sites (tertiary alicyclic amines) is 1. The molecule has 24 heavy (non-hydrogen) atoms. The maximum Gasteiger partial charge on any atom is 0.218 e. The minimum Gasteiger partial charge on any atom is -0.481 e. The molecule has 1 saturated carbocycles. The zero-order valence-electron chi connectivity index (χ0n) is 14.7. The number of fused-ring (bicyclic) bond motifs is 1. The van der Waals surface area contributed by atoms with Crippen LogP contribution in [0.25, 0.3) is 0 Å². The Labute approximate surface area is 162 Å². The predicted molar refractivity (Wildman–Crippen MR) is 108 cm³/mol. The molecule has 2 aliphatic rings. The lowest BCUT2D eigenvalue weighted by molar-refractivity contribution is 0.299. The van der Waals surface area contributed by atoms with Crippen molar-refractivity contribution in [3.05, 3.63) is 23.9 Å². The highest BCUT2D eigenvalue weighted by Gasteiger charge is 2.35. The van der Waals surface area contributed by atoms with Crippen LogP contribution in [0.3, 0.4) is 0 Å². The van der Waals surface area contributed by atoms with Gasteiger partial charge in [-0.1, -0.05) is 18.9 Å². The molecule has 1 aromatic heterocycles. The molecule has 2 unspecified atom stereocenters. The summed E-state index contributed by atoms with van der Waals surface area (Å²) < 4.78 is 5.33. The van der Waals surface area contributed by atoms with Gasteiger partial charge in [-0.2, -0.15) is 0 Å². The van der Waals surface area contributed by atoms with E-state index in [2.05, 4.69) is 22.1 Å². The van der Waals surface area contributed by atoms with Crippen LogP contribution < -0.4 is 10.1 Å². The van der Waals surface area contributed by atoms with Gasteiger partial charge in [0.1, 0.15) is 0 Å². The fraction of sp³-hybridized carbons (Fsp3) is 0.667. The third-order valence-corrected chi connectivity index (χ3v) is 5.05. The summed E-state index contributed by atoms with van der Waals surface area (Å²) in [6.07, 6.45) is 7.32. The molecule has 1 saturated heterocycles. The maximum absolute atomic E-state index is 5.33. The third-order valence-electron chi connectivity index (χ3n) is 5.05. The minimum atomic E-state index is 0. The monoisotopic (exact) mass is 444 g/mol. The van der Waals surface area contributed by atoms with Crippen molar-refractivity contribution in [3.8, 4) is 5.88 Å². The SMILES string of the molecule is CCNC(=NCc1cccnc1OC)N1CC2CCCCC2C1.I. The molecule has 1 aliphatic carbocycles. The Hall–Kier alpha value is -1.05. The predicted octanol–water partition coefficient (Wildman–Crippen LogP) is 3.30. The topological polar surface area (TPSA) is 49.8 Å². The number of methoxy groups -OCH3 is 1. The van der Waals surface area contributed by atoms with Crippen LogP contribution in [-0.4, -0.2) is 42.6 Å². The molecule has 0 bridgehead atoms. The summed E-state index contributed by atoms with van der Waals surface area (Å²) in [4.78, 5) is 11.5. The van der Waals surface area contributed by atoms with E-state index in [1.807, 2.05) is 12.1 Å². The van der Waals surface area contributed by atoms with Crippen LogP contribution in [0.15, 0.2) is 23.3 Å². The first-order valence-electron chi connectivity index (χ1n) is 8.83. The molecule has 134 valence electrons. The van der Waals surface area contributed by atoms with Crippen molar-refractivity contribution in [1.82, 2.24) is 15.2 Å². The van der Waals surface area contributed by atoms with Crippen LogP contribution >= 0.6 is 24.0 Å². The molecular formula is C18H29IN4O. The van der Waals surface area contributed by atoms with Gasteiger partial charge in [0, 0.05) is 31.4 Å². The molecule has 2 heterocycles. The molecule has 0 radical (unpaired) electrons. The molecule has 3 rings (SSSR count). The number of ether oxygens (including phenoxy) is 1. The van der Waals surface area contributed by atoms with E-state index in [1.165, 1.54) is 25.7 Å². The standard InChI is InChI=1S/C18H28N4O.HI/c1-3-19-18(21-11-14-9-6-10-20-17(14)23-2)22-12-15-7-4-5-8-16(15)13-22;/h6,9-10,15-16H,3-5,7-8,11-13H2,1-2H3,(H,19,21);1H. The average Bonchev–Trinajstić information content (AvgIpc) is 3.02. The molecule has 6 heteroatoms. The van der Waals surface area contributed by atoms with Crippen LogP contribution in [0, 0.1) is 11.8 Å². The van der Waals surface area contributed by atoms with Crippen LogP contribution in [-0.2, 0) is 6.54 Å². The van der Waals surface area contributed by atoms with Crippen molar-refractivity contribution >= 4 is 29.9 Å². The molecule has 0 amide bonds. The molecular weight excluding hydrogens is 415 g/mol.